The summed E-state index contributed by atoms with van der Waals surface area (Å²) < 4.78 is 13.5. The van der Waals surface area contributed by atoms with E-state index in [4.69, 9.17) is 14.5 Å². The molecular weight excluding hydrogens is 390 g/mol. The van der Waals surface area contributed by atoms with Crippen LogP contribution in [0.4, 0.5) is 0 Å². The minimum atomic E-state index is -0.0275. The van der Waals surface area contributed by atoms with Crippen molar-refractivity contribution in [2.45, 2.75) is 39.2 Å². The van der Waals surface area contributed by atoms with Gasteiger partial charge in [0.2, 0.25) is 5.91 Å². The molecule has 6 heteroatoms. The number of benzene rings is 2. The number of nitrogens with zero attached hydrogens (tertiary/aromatic N) is 2. The fourth-order valence-corrected chi connectivity index (χ4v) is 3.52. The van der Waals surface area contributed by atoms with Gasteiger partial charge in [0, 0.05) is 19.0 Å². The Labute approximate surface area is 183 Å². The molecule has 0 atom stereocenters. The lowest BCUT2D eigenvalue weighted by Gasteiger charge is -2.11. The number of aromatic nitrogens is 2. The third-order valence-corrected chi connectivity index (χ3v) is 5.05. The number of carbonyl (C=O) groups excluding carboxylic acids is 1. The molecule has 0 radical (unpaired) electrons. The van der Waals surface area contributed by atoms with Gasteiger partial charge in [0.05, 0.1) is 24.7 Å². The van der Waals surface area contributed by atoms with E-state index in [9.17, 15) is 4.79 Å². The highest BCUT2D eigenvalue weighted by Gasteiger charge is 2.10. The molecule has 0 fully saturated rings. The molecule has 0 bridgehead atoms. The lowest BCUT2D eigenvalue weighted by molar-refractivity contribution is -0.116. The number of para-hydroxylation sites is 2. The van der Waals surface area contributed by atoms with E-state index in [1.807, 2.05) is 43.3 Å². The van der Waals surface area contributed by atoms with Crippen LogP contribution < -0.4 is 14.8 Å². The van der Waals surface area contributed by atoms with Gasteiger partial charge in [-0.2, -0.15) is 0 Å². The number of unbranched alkanes of at least 4 members (excludes halogenated alkanes) is 2. The summed E-state index contributed by atoms with van der Waals surface area (Å²) in [7, 11) is 1.65. The summed E-state index contributed by atoms with van der Waals surface area (Å²) in [4.78, 5) is 16.3. The molecule has 0 aliphatic carbocycles. The van der Waals surface area contributed by atoms with Crippen LogP contribution in [0.15, 0.2) is 60.7 Å². The Kier molecular flexibility index (Phi) is 8.52. The maximum Gasteiger partial charge on any atom is 0.243 e. The van der Waals surface area contributed by atoms with E-state index in [1.54, 1.807) is 19.3 Å². The van der Waals surface area contributed by atoms with E-state index in [0.717, 1.165) is 60.6 Å². The molecule has 164 valence electrons. The molecule has 0 aliphatic rings. The molecule has 1 amide bonds. The smallest absolute Gasteiger partial charge is 0.243 e. The lowest BCUT2D eigenvalue weighted by Crippen LogP contribution is -2.22. The van der Waals surface area contributed by atoms with Crippen LogP contribution in [0.25, 0.3) is 11.0 Å². The van der Waals surface area contributed by atoms with Crippen molar-refractivity contribution in [3.8, 4) is 11.5 Å². The highest BCUT2D eigenvalue weighted by atomic mass is 16.5. The zero-order chi connectivity index (χ0) is 21.9. The summed E-state index contributed by atoms with van der Waals surface area (Å²) >= 11 is 0. The molecule has 0 spiro atoms. The molecule has 1 N–H and O–H groups in total. The molecule has 0 saturated heterocycles. The van der Waals surface area contributed by atoms with Crippen LogP contribution in [0, 0.1) is 0 Å². The van der Waals surface area contributed by atoms with Crippen LogP contribution in [0.2, 0.25) is 0 Å². The molecule has 6 nitrogen and oxygen atoms in total. The fraction of sp³-hybridized carbons (Fsp3) is 0.360. The number of methoxy groups -OCH3 is 1. The largest absolute Gasteiger partial charge is 0.497 e. The third kappa shape index (κ3) is 6.60. The van der Waals surface area contributed by atoms with Gasteiger partial charge in [0.25, 0.3) is 0 Å². The molecule has 0 unspecified atom stereocenters. The Balaban J connectivity index is 1.55. The van der Waals surface area contributed by atoms with Crippen LogP contribution in [0.5, 0.6) is 11.5 Å². The molecule has 2 aromatic carbocycles. The Morgan fingerprint density at radius 3 is 2.77 bits per heavy atom. The minimum absolute atomic E-state index is 0.0275. The van der Waals surface area contributed by atoms with E-state index in [2.05, 4.69) is 22.0 Å². The first-order valence-corrected chi connectivity index (χ1v) is 10.8. The van der Waals surface area contributed by atoms with Gasteiger partial charge in [0.1, 0.15) is 23.9 Å². The number of ether oxygens (including phenoxy) is 2. The number of aryl methyl sites for hydroxylation is 1. The van der Waals surface area contributed by atoms with Crippen LogP contribution in [-0.2, 0) is 17.8 Å². The molecule has 3 aromatic rings. The molecule has 1 heterocycles. The van der Waals surface area contributed by atoms with E-state index < -0.39 is 0 Å². The van der Waals surface area contributed by atoms with Crippen molar-refractivity contribution in [3.05, 3.63) is 66.5 Å². The third-order valence-electron chi connectivity index (χ3n) is 5.05. The average molecular weight is 422 g/mol. The number of carbonyl (C=O) groups is 1. The second kappa shape index (κ2) is 11.8. The molecule has 3 rings (SSSR count). The lowest BCUT2D eigenvalue weighted by atomic mass is 10.2. The average Bonchev–Trinajstić information content (AvgIpc) is 3.14. The quantitative estimate of drug-likeness (QED) is 0.345. The molecule has 0 saturated carbocycles. The van der Waals surface area contributed by atoms with Gasteiger partial charge in [-0.1, -0.05) is 30.7 Å². The van der Waals surface area contributed by atoms with Gasteiger partial charge < -0.3 is 19.4 Å². The second-order valence-electron chi connectivity index (χ2n) is 7.30. The van der Waals surface area contributed by atoms with E-state index >= 15 is 0 Å². The van der Waals surface area contributed by atoms with Crippen LogP contribution in [-0.4, -0.2) is 35.7 Å². The molecule has 31 heavy (non-hydrogen) atoms. The van der Waals surface area contributed by atoms with Crippen molar-refractivity contribution in [2.24, 2.45) is 0 Å². The molecule has 1 aromatic heterocycles. The van der Waals surface area contributed by atoms with Crippen molar-refractivity contribution in [1.82, 2.24) is 14.9 Å². The van der Waals surface area contributed by atoms with Gasteiger partial charge in [-0.3, -0.25) is 4.79 Å². The number of allylic oxidation sites excluding steroid dienone is 1. The van der Waals surface area contributed by atoms with Crippen molar-refractivity contribution in [3.63, 3.8) is 0 Å². The van der Waals surface area contributed by atoms with Crippen LogP contribution in [0.1, 0.15) is 32.0 Å². The molecule has 0 aliphatic heterocycles. The van der Waals surface area contributed by atoms with Gasteiger partial charge in [-0.05, 0) is 50.1 Å². The Hall–Kier alpha value is -3.28. The highest BCUT2D eigenvalue weighted by Crippen LogP contribution is 2.20. The minimum Gasteiger partial charge on any atom is -0.497 e. The predicted octanol–water partition coefficient (Wildman–Crippen LogP) is 4.53. The maximum absolute atomic E-state index is 11.4. The first-order valence-electron chi connectivity index (χ1n) is 10.8. The maximum atomic E-state index is 11.4. The van der Waals surface area contributed by atoms with E-state index in [1.165, 1.54) is 0 Å². The Morgan fingerprint density at radius 2 is 1.94 bits per heavy atom. The second-order valence-corrected chi connectivity index (χ2v) is 7.30. The summed E-state index contributed by atoms with van der Waals surface area (Å²) in [5.74, 6) is 2.63. The van der Waals surface area contributed by atoms with Gasteiger partial charge in [-0.15, -0.1) is 0 Å². The zero-order valence-corrected chi connectivity index (χ0v) is 18.3. The SMILES string of the molecule is C/C=C/C(=O)NCCCCCc1nc2ccccc2n1CCOc1cccc(OC)c1. The van der Waals surface area contributed by atoms with E-state index in [-0.39, 0.29) is 5.91 Å². The summed E-state index contributed by atoms with van der Waals surface area (Å²) in [6.45, 7) is 3.82. The standard InChI is InChI=1S/C25H31N3O3/c1-3-10-25(29)26-16-8-4-5-15-24-27-22-13-6-7-14-23(22)28(24)17-18-31-21-12-9-11-20(19-21)30-2/h3,6-7,9-14,19H,4-5,8,15-18H2,1-2H3,(H,26,29)/b10-3+. The summed E-state index contributed by atoms with van der Waals surface area (Å²) in [5.41, 5.74) is 2.14. The van der Waals surface area contributed by atoms with Crippen molar-refractivity contribution >= 4 is 16.9 Å². The van der Waals surface area contributed by atoms with Crippen molar-refractivity contribution < 1.29 is 14.3 Å². The van der Waals surface area contributed by atoms with Gasteiger partial charge >= 0.3 is 0 Å². The summed E-state index contributed by atoms with van der Waals surface area (Å²) in [5, 5.41) is 2.89. The first-order chi connectivity index (χ1) is 15.2. The zero-order valence-electron chi connectivity index (χ0n) is 18.3. The van der Waals surface area contributed by atoms with E-state index in [0.29, 0.717) is 13.2 Å². The number of amides is 1. The number of hydrogen-bond acceptors (Lipinski definition) is 4. The van der Waals surface area contributed by atoms with Crippen LogP contribution in [0.3, 0.4) is 0 Å². The predicted molar refractivity (Wildman–Crippen MR) is 124 cm³/mol. The Bertz CT molecular complexity index is 1010. The number of rotatable bonds is 12. The summed E-state index contributed by atoms with van der Waals surface area (Å²) in [6, 6.07) is 15.9. The van der Waals surface area contributed by atoms with Crippen molar-refractivity contribution in [2.75, 3.05) is 20.3 Å². The van der Waals surface area contributed by atoms with Crippen LogP contribution >= 0.6 is 0 Å². The van der Waals surface area contributed by atoms with Crippen molar-refractivity contribution in [1.29, 1.82) is 0 Å². The van der Waals surface area contributed by atoms with Gasteiger partial charge in [-0.25, -0.2) is 4.98 Å². The number of nitrogens with one attached hydrogen (secondary N) is 1. The highest BCUT2D eigenvalue weighted by molar-refractivity contribution is 5.87. The molecular formula is C25H31N3O3. The monoisotopic (exact) mass is 421 g/mol. The number of hydrogen-bond donors (Lipinski definition) is 1. The fourth-order valence-electron chi connectivity index (χ4n) is 3.52. The Morgan fingerprint density at radius 1 is 1.10 bits per heavy atom. The number of fused-ring (bicyclic) bond motifs is 1. The first kappa shape index (κ1) is 22.4. The number of imidazole rings is 1. The summed E-state index contributed by atoms with van der Waals surface area (Å²) in [6.07, 6.45) is 7.23. The normalized spacial score (nSPS) is 11.2. The topological polar surface area (TPSA) is 65.4 Å². The van der Waals surface area contributed by atoms with Gasteiger partial charge in [0.15, 0.2) is 0 Å².